The number of likely N-dealkylation sites (N-methyl/N-ethyl adjacent to an activating group) is 1. The number of phenolic OH excluding ortho intramolecular Hbond substituents is 2. The average molecular weight is 195 g/mol. The van der Waals surface area contributed by atoms with E-state index in [0.717, 1.165) is 7.05 Å². The standard InChI is InChI=1S/C9H13NO3/c1-10-5-9(13)6-2-3-7(11)8(12)4-6/h2-4,9-13H,5H2,1H3/i2+1D,3+1D,4+1D,5D2,6+1,7+1,8+1,9D. The van der Waals surface area contributed by atoms with Gasteiger partial charge in [-0.05, 0) is 24.7 Å². The van der Waals surface area contributed by atoms with Gasteiger partial charge in [0, 0.05) is 9.24 Å². The van der Waals surface area contributed by atoms with Crippen LogP contribution in [0, 0.1) is 0 Å². The van der Waals surface area contributed by atoms with Crippen molar-refractivity contribution in [3.05, 3.63) is 23.7 Å². The summed E-state index contributed by atoms with van der Waals surface area (Å²) in [4.78, 5) is 0. The third-order valence-corrected chi connectivity index (χ3v) is 1.25. The molecule has 0 amide bonds. The zero-order valence-electron chi connectivity index (χ0n) is 12.8. The monoisotopic (exact) mass is 195 g/mol. The fourth-order valence-electron chi connectivity index (χ4n) is 0.689. The molecule has 72 valence electrons. The lowest BCUT2D eigenvalue weighted by molar-refractivity contribution is 0.177. The summed E-state index contributed by atoms with van der Waals surface area (Å²) >= 11 is 0. The van der Waals surface area contributed by atoms with Crippen LogP contribution in [-0.2, 0) is 0 Å². The van der Waals surface area contributed by atoms with Gasteiger partial charge in [-0.15, -0.1) is 0 Å². The molecule has 0 aliphatic carbocycles. The third-order valence-electron chi connectivity index (χ3n) is 1.25. The number of aromatic hydroxyl groups is 2. The maximum absolute atomic E-state index is 9.93. The maximum atomic E-state index is 9.93. The van der Waals surface area contributed by atoms with Gasteiger partial charge in [0.1, 0.15) is 0 Å². The highest BCUT2D eigenvalue weighted by atomic mass is 16.4. The molecule has 0 bridgehead atoms. The molecule has 1 rings (SSSR count). The predicted octanol–water partition coefficient (Wildman–Crippen LogP) is 0.351. The molecule has 0 aliphatic heterocycles. The Morgan fingerprint density at radius 3 is 2.92 bits per heavy atom. The van der Waals surface area contributed by atoms with Crippen LogP contribution in [0.3, 0.4) is 0 Å². The van der Waals surface area contributed by atoms with Gasteiger partial charge in [0.25, 0.3) is 0 Å². The van der Waals surface area contributed by atoms with Crippen molar-refractivity contribution in [3.8, 4) is 11.5 Å². The van der Waals surface area contributed by atoms with Crippen LogP contribution in [0.4, 0.5) is 0 Å². The Kier molecular flexibility index (Phi) is 1.36. The fraction of sp³-hybridized carbons (Fsp3) is 0.333. The van der Waals surface area contributed by atoms with E-state index in [1.54, 1.807) is 0 Å². The first kappa shape index (κ1) is 4.30. The molecule has 13 heavy (non-hydrogen) atoms. The number of phenols is 2. The minimum Gasteiger partial charge on any atom is -0.504 e. The van der Waals surface area contributed by atoms with Crippen LogP contribution in [0.25, 0.3) is 0 Å². The van der Waals surface area contributed by atoms with Crippen molar-refractivity contribution < 1.29 is 23.5 Å². The lowest BCUT2D eigenvalue weighted by Gasteiger charge is -2.10. The first-order valence-electron chi connectivity index (χ1n) is 6.42. The Morgan fingerprint density at radius 2 is 2.31 bits per heavy atom. The van der Waals surface area contributed by atoms with Crippen molar-refractivity contribution in [3.63, 3.8) is 0 Å². The predicted molar refractivity (Wildman–Crippen MR) is 48.7 cm³/mol. The molecule has 4 heteroatoms. The molecule has 0 saturated heterocycles. The molecule has 1 aromatic rings. The zero-order chi connectivity index (χ0) is 15.2. The number of nitrogens with one attached hydrogen (secondary N) is 1. The summed E-state index contributed by atoms with van der Waals surface area (Å²) in [5.74, 6) is -2.12. The summed E-state index contributed by atoms with van der Waals surface area (Å²) in [6.45, 7) is -2.74. The van der Waals surface area contributed by atoms with E-state index in [1.807, 2.05) is 5.32 Å². The van der Waals surface area contributed by atoms with Crippen molar-refractivity contribution in [2.45, 2.75) is 6.08 Å². The van der Waals surface area contributed by atoms with Gasteiger partial charge in [0.05, 0.1) is 11.6 Å². The molecule has 0 aliphatic rings. The van der Waals surface area contributed by atoms with Gasteiger partial charge in [-0.1, -0.05) is 6.04 Å². The van der Waals surface area contributed by atoms with Crippen LogP contribution in [0.5, 0.6) is 11.5 Å². The largest absolute Gasteiger partial charge is 0.504 e. The fourth-order valence-corrected chi connectivity index (χ4v) is 0.689. The van der Waals surface area contributed by atoms with Crippen molar-refractivity contribution in [1.82, 2.24) is 5.32 Å². The Bertz CT molecular complexity index is 490. The number of aliphatic hydroxyl groups is 1. The van der Waals surface area contributed by atoms with Gasteiger partial charge in [0.2, 0.25) is 0 Å². The molecular formula is C9H13NO3. The van der Waals surface area contributed by atoms with Gasteiger partial charge in [-0.3, -0.25) is 0 Å². The quantitative estimate of drug-likeness (QED) is 0.525. The summed E-state index contributed by atoms with van der Waals surface area (Å²) in [6, 6.07) is -2.78. The third kappa shape index (κ3) is 2.34. The van der Waals surface area contributed by atoms with Crippen LogP contribution in [0.15, 0.2) is 18.1 Å². The average Bonchev–Trinajstić information content (AvgIpc) is 2.33. The van der Waals surface area contributed by atoms with Crippen LogP contribution in [0.1, 0.15) is 19.9 Å². The molecule has 0 radical (unpaired) electrons. The zero-order valence-corrected chi connectivity index (χ0v) is 6.84. The van der Waals surface area contributed by atoms with E-state index in [4.69, 9.17) is 8.22 Å². The van der Waals surface area contributed by atoms with E-state index >= 15 is 0 Å². The highest BCUT2D eigenvalue weighted by Gasteiger charge is 2.08. The Morgan fingerprint density at radius 1 is 1.62 bits per heavy atom. The van der Waals surface area contributed by atoms with E-state index in [2.05, 4.69) is 0 Å². The summed E-state index contributed by atoms with van der Waals surface area (Å²) in [5, 5.41) is 30.6. The van der Waals surface area contributed by atoms with Crippen molar-refractivity contribution in [1.29, 1.82) is 0 Å². The van der Waals surface area contributed by atoms with Crippen molar-refractivity contribution >= 4 is 0 Å². The Labute approximate surface area is 84.9 Å². The van der Waals surface area contributed by atoms with E-state index in [-0.39, 0.29) is 0 Å². The van der Waals surface area contributed by atoms with E-state index in [1.165, 1.54) is 0 Å². The van der Waals surface area contributed by atoms with Crippen molar-refractivity contribution in [2.75, 3.05) is 13.5 Å². The first-order chi connectivity index (χ1) is 8.49. The SMILES string of the molecule is [2H][13c]1[13c]([2H])[13c](C([2H])(O)C([2H])([2H])NC)[13c]([2H])[13c](O)[13c]1O. The summed E-state index contributed by atoms with van der Waals surface area (Å²) in [6.07, 6.45) is -3.10. The Balaban J connectivity index is 3.70. The lowest BCUT2D eigenvalue weighted by Crippen LogP contribution is -2.16. The normalized spacial score (nSPS) is 22.9. The second-order valence-electron chi connectivity index (χ2n) is 2.17. The highest BCUT2D eigenvalue weighted by Crippen LogP contribution is 2.27. The minimum absolute atomic E-state index is 0.902. The number of hydrogen-bond acceptors (Lipinski definition) is 4. The molecule has 0 fully saturated rings. The van der Waals surface area contributed by atoms with Crippen LogP contribution in [0.2, 0.25) is 0 Å². The Hall–Kier alpha value is -1.26. The van der Waals surface area contributed by atoms with E-state index in [9.17, 15) is 15.3 Å². The molecule has 0 saturated carbocycles. The smallest absolute Gasteiger partial charge is 0.157 e. The molecule has 1 unspecified atom stereocenters. The molecule has 4 N–H and O–H groups in total. The number of rotatable bonds is 3. The van der Waals surface area contributed by atoms with Crippen LogP contribution in [-0.4, -0.2) is 28.9 Å². The minimum atomic E-state index is -3.10. The second kappa shape index (κ2) is 4.11. The molecule has 0 spiro atoms. The summed E-state index contributed by atoms with van der Waals surface area (Å²) < 4.78 is 44.9. The molecule has 1 atom stereocenters. The van der Waals surface area contributed by atoms with Gasteiger partial charge < -0.3 is 20.6 Å². The molecule has 1 aromatic carbocycles. The first-order valence-corrected chi connectivity index (χ1v) is 3.42. The highest BCUT2D eigenvalue weighted by molar-refractivity contribution is 5.41. The topological polar surface area (TPSA) is 72.7 Å². The molecule has 0 aromatic heterocycles. The molecular weight excluding hydrogens is 176 g/mol. The summed E-state index contributed by atoms with van der Waals surface area (Å²) in [7, 11) is 1.12. The van der Waals surface area contributed by atoms with Crippen molar-refractivity contribution in [2.24, 2.45) is 0 Å². The number of benzene rings is 1. The van der Waals surface area contributed by atoms with Gasteiger partial charge in [0.15, 0.2) is 11.5 Å². The van der Waals surface area contributed by atoms with Crippen LogP contribution < -0.4 is 5.32 Å². The molecule has 4 nitrogen and oxygen atoms in total. The van der Waals surface area contributed by atoms with Gasteiger partial charge in [-0.25, -0.2) is 0 Å². The second-order valence-corrected chi connectivity index (χ2v) is 2.17. The van der Waals surface area contributed by atoms with E-state index < -0.39 is 47.8 Å². The number of hydrogen-bond donors (Lipinski definition) is 4. The van der Waals surface area contributed by atoms with Gasteiger partial charge in [-0.2, -0.15) is 0 Å². The lowest BCUT2D eigenvalue weighted by atomic mass is 10.5. The summed E-state index contributed by atoms with van der Waals surface area (Å²) in [5.41, 5.74) is -0.910. The van der Waals surface area contributed by atoms with Crippen LogP contribution >= 0.6 is 0 Å². The maximum Gasteiger partial charge on any atom is 0.157 e. The van der Waals surface area contributed by atoms with Gasteiger partial charge >= 0.3 is 0 Å². The van der Waals surface area contributed by atoms with E-state index in [0.29, 0.717) is 0 Å². The molecule has 0 heterocycles.